The van der Waals surface area contributed by atoms with Crippen LogP contribution in [0.3, 0.4) is 0 Å². The monoisotopic (exact) mass is 519 g/mol. The van der Waals surface area contributed by atoms with Crippen LogP contribution in [0.1, 0.15) is 24.7 Å². The van der Waals surface area contributed by atoms with Crippen molar-refractivity contribution in [1.82, 2.24) is 33.1 Å². The summed E-state index contributed by atoms with van der Waals surface area (Å²) in [6, 6.07) is 5.64. The number of β-amino-alcohol motifs (C(OH)–C–C–N with tert-alkyl or cyclic N) is 1. The highest BCUT2D eigenvalue weighted by atomic mass is 19.4. The van der Waals surface area contributed by atoms with Gasteiger partial charge in [0.1, 0.15) is 5.65 Å². The molecule has 11 nitrogen and oxygen atoms in total. The van der Waals surface area contributed by atoms with E-state index >= 15 is 0 Å². The Hall–Kier alpha value is -3.94. The van der Waals surface area contributed by atoms with Crippen LogP contribution in [0.25, 0.3) is 22.2 Å². The van der Waals surface area contributed by atoms with Gasteiger partial charge in [0.2, 0.25) is 11.7 Å². The number of aromatic nitrogens is 6. The minimum atomic E-state index is -4.63. The molecule has 1 amide bonds. The van der Waals surface area contributed by atoms with Gasteiger partial charge < -0.3 is 19.1 Å². The van der Waals surface area contributed by atoms with Crippen molar-refractivity contribution in [1.29, 1.82) is 0 Å². The zero-order valence-corrected chi connectivity index (χ0v) is 20.0. The van der Waals surface area contributed by atoms with Crippen LogP contribution in [0.4, 0.5) is 13.2 Å². The molecule has 1 aliphatic rings. The van der Waals surface area contributed by atoms with E-state index in [1.54, 1.807) is 18.2 Å². The number of aliphatic hydroxyl groups is 1. The number of carbonyl (C=O) groups excluding carboxylic acids is 1. The molecule has 4 heterocycles. The number of amides is 1. The summed E-state index contributed by atoms with van der Waals surface area (Å²) in [6.45, 7) is 0.0406. The molecular weight excluding hydrogens is 495 g/mol. The number of fused-ring (bicyclic) bond motifs is 2. The van der Waals surface area contributed by atoms with Gasteiger partial charge in [0, 0.05) is 40.2 Å². The number of benzene rings is 1. The normalized spacial score (nSPS) is 18.4. The molecule has 1 aromatic carbocycles. The van der Waals surface area contributed by atoms with Crippen LogP contribution in [0.2, 0.25) is 0 Å². The number of carbonyl (C=O) groups is 1. The zero-order valence-electron chi connectivity index (χ0n) is 20.0. The number of halogens is 3. The van der Waals surface area contributed by atoms with E-state index in [4.69, 9.17) is 0 Å². The highest BCUT2D eigenvalue weighted by Crippen LogP contribution is 2.32. The molecule has 0 spiro atoms. The molecule has 0 bridgehead atoms. The zero-order chi connectivity index (χ0) is 26.6. The lowest BCUT2D eigenvalue weighted by Gasteiger charge is -2.18. The van der Waals surface area contributed by atoms with Gasteiger partial charge in [-0.15, -0.1) is 0 Å². The second-order valence-electron chi connectivity index (χ2n) is 9.14. The Kier molecular flexibility index (Phi) is 5.93. The molecule has 2 atom stereocenters. The molecule has 1 aliphatic heterocycles. The van der Waals surface area contributed by atoms with Gasteiger partial charge in [0.05, 0.1) is 29.5 Å². The van der Waals surface area contributed by atoms with Gasteiger partial charge >= 0.3 is 11.9 Å². The SMILES string of the molecule is Cn1c(=O)c2ncn([C@H]3CN(C(=O)CCCn4c(C(F)(F)F)nc5ccccc54)C[C@@H]3O)c2n(C)c1=O. The van der Waals surface area contributed by atoms with Crippen molar-refractivity contribution >= 4 is 28.1 Å². The molecule has 0 unspecified atom stereocenters. The van der Waals surface area contributed by atoms with E-state index in [0.717, 1.165) is 9.13 Å². The van der Waals surface area contributed by atoms with Crippen molar-refractivity contribution < 1.29 is 23.1 Å². The van der Waals surface area contributed by atoms with Gasteiger partial charge in [-0.25, -0.2) is 14.8 Å². The summed E-state index contributed by atoms with van der Waals surface area (Å²) in [5.41, 5.74) is -0.258. The minimum absolute atomic E-state index is 0.00374. The predicted molar refractivity (Wildman–Crippen MR) is 126 cm³/mol. The smallest absolute Gasteiger partial charge is 0.389 e. The maximum Gasteiger partial charge on any atom is 0.449 e. The molecule has 196 valence electrons. The summed E-state index contributed by atoms with van der Waals surface area (Å²) >= 11 is 0. The highest BCUT2D eigenvalue weighted by Gasteiger charge is 2.38. The largest absolute Gasteiger partial charge is 0.449 e. The van der Waals surface area contributed by atoms with Crippen LogP contribution < -0.4 is 11.2 Å². The van der Waals surface area contributed by atoms with Gasteiger partial charge in [0.15, 0.2) is 5.52 Å². The van der Waals surface area contributed by atoms with Crippen molar-refractivity contribution in [3.63, 3.8) is 0 Å². The predicted octanol–water partition coefficient (Wildman–Crippen LogP) is 1.03. The summed E-state index contributed by atoms with van der Waals surface area (Å²) < 4.78 is 45.3. The van der Waals surface area contributed by atoms with E-state index in [-0.39, 0.29) is 55.1 Å². The molecule has 1 fully saturated rings. The average Bonchev–Trinajstić information content (AvgIpc) is 3.56. The number of alkyl halides is 3. The molecular formula is C23H24F3N7O4. The Morgan fingerprint density at radius 1 is 1.14 bits per heavy atom. The molecule has 1 saturated heterocycles. The first-order valence-corrected chi connectivity index (χ1v) is 11.6. The maximum absolute atomic E-state index is 13.5. The summed E-state index contributed by atoms with van der Waals surface area (Å²) in [6.07, 6.45) is -4.17. The Balaban J connectivity index is 1.32. The molecule has 3 aromatic heterocycles. The lowest BCUT2D eigenvalue weighted by atomic mass is 10.2. The second-order valence-corrected chi connectivity index (χ2v) is 9.14. The van der Waals surface area contributed by atoms with Crippen LogP contribution >= 0.6 is 0 Å². The molecule has 5 rings (SSSR count). The number of imidazole rings is 2. The quantitative estimate of drug-likeness (QED) is 0.421. The number of aryl methyl sites for hydroxylation is 2. The lowest BCUT2D eigenvalue weighted by Crippen LogP contribution is -2.38. The van der Waals surface area contributed by atoms with Gasteiger partial charge in [-0.05, 0) is 18.6 Å². The fraction of sp³-hybridized carbons (Fsp3) is 0.435. The summed E-state index contributed by atoms with van der Waals surface area (Å²) in [7, 11) is 2.83. The number of nitrogens with zero attached hydrogens (tertiary/aromatic N) is 7. The van der Waals surface area contributed by atoms with Gasteiger partial charge in [-0.3, -0.25) is 18.7 Å². The fourth-order valence-corrected chi connectivity index (χ4v) is 4.95. The number of hydrogen-bond acceptors (Lipinski definition) is 6. The van der Waals surface area contributed by atoms with Crippen molar-refractivity contribution in [2.24, 2.45) is 14.1 Å². The number of para-hydroxylation sites is 2. The van der Waals surface area contributed by atoms with Crippen molar-refractivity contribution in [2.45, 2.75) is 37.7 Å². The molecule has 1 N–H and O–H groups in total. The van der Waals surface area contributed by atoms with Gasteiger partial charge in [0.25, 0.3) is 5.56 Å². The summed E-state index contributed by atoms with van der Waals surface area (Å²) in [5, 5.41) is 10.7. The topological polar surface area (TPSA) is 120 Å². The number of hydrogen-bond donors (Lipinski definition) is 1. The van der Waals surface area contributed by atoms with Crippen LogP contribution in [-0.4, -0.2) is 63.3 Å². The van der Waals surface area contributed by atoms with E-state index in [1.165, 1.54) is 40.5 Å². The Morgan fingerprint density at radius 2 is 1.86 bits per heavy atom. The fourth-order valence-electron chi connectivity index (χ4n) is 4.95. The summed E-state index contributed by atoms with van der Waals surface area (Å²) in [5.74, 6) is -1.34. The van der Waals surface area contributed by atoms with Crippen LogP contribution in [-0.2, 0) is 31.6 Å². The average molecular weight is 519 g/mol. The van der Waals surface area contributed by atoms with Crippen LogP contribution in [0, 0.1) is 0 Å². The molecule has 37 heavy (non-hydrogen) atoms. The van der Waals surface area contributed by atoms with Crippen LogP contribution in [0.15, 0.2) is 40.2 Å². The van der Waals surface area contributed by atoms with Gasteiger partial charge in [-0.1, -0.05) is 12.1 Å². The molecule has 0 radical (unpaired) electrons. The van der Waals surface area contributed by atoms with Gasteiger partial charge in [-0.2, -0.15) is 13.2 Å². The van der Waals surface area contributed by atoms with E-state index in [2.05, 4.69) is 9.97 Å². The van der Waals surface area contributed by atoms with E-state index in [1.807, 2.05) is 0 Å². The van der Waals surface area contributed by atoms with E-state index in [9.17, 15) is 32.7 Å². The van der Waals surface area contributed by atoms with E-state index < -0.39 is 35.4 Å². The lowest BCUT2D eigenvalue weighted by molar-refractivity contribution is -0.146. The van der Waals surface area contributed by atoms with Crippen molar-refractivity contribution in [2.75, 3.05) is 13.1 Å². The van der Waals surface area contributed by atoms with Crippen LogP contribution in [0.5, 0.6) is 0 Å². The first kappa shape index (κ1) is 24.7. The third-order valence-electron chi connectivity index (χ3n) is 6.82. The number of aliphatic hydroxyl groups excluding tert-OH is 1. The first-order valence-electron chi connectivity index (χ1n) is 11.6. The maximum atomic E-state index is 13.5. The Bertz CT molecular complexity index is 1630. The number of likely N-dealkylation sites (tertiary alicyclic amines) is 1. The van der Waals surface area contributed by atoms with Crippen molar-refractivity contribution in [3.05, 3.63) is 57.3 Å². The minimum Gasteiger partial charge on any atom is -0.389 e. The summed E-state index contributed by atoms with van der Waals surface area (Å²) in [4.78, 5) is 47.0. The highest BCUT2D eigenvalue weighted by molar-refractivity contribution is 5.77. The standard InChI is InChI=1S/C23H24F3N7O4/c1-29-19-18(20(36)30(2)22(29)37)27-12-33(19)15-10-31(11-16(15)34)17(35)8-5-9-32-14-7-4-3-6-13(14)28-21(32)23(24,25)26/h3-4,6-7,12,15-16,34H,5,8-11H2,1-2H3/t15-,16-/m0/s1. The molecule has 4 aromatic rings. The second kappa shape index (κ2) is 8.87. The van der Waals surface area contributed by atoms with Crippen molar-refractivity contribution in [3.8, 4) is 0 Å². The third kappa shape index (κ3) is 4.10. The number of rotatable bonds is 5. The molecule has 0 aliphatic carbocycles. The molecule has 0 saturated carbocycles. The Morgan fingerprint density at radius 3 is 2.59 bits per heavy atom. The Labute approximate surface area is 207 Å². The van der Waals surface area contributed by atoms with E-state index in [0.29, 0.717) is 5.52 Å². The molecule has 14 heteroatoms. The third-order valence-corrected chi connectivity index (χ3v) is 6.82. The first-order chi connectivity index (χ1) is 17.5.